The molecule has 0 spiro atoms. The van der Waals surface area contributed by atoms with Crippen LogP contribution in [0.3, 0.4) is 0 Å². The summed E-state index contributed by atoms with van der Waals surface area (Å²) in [5.74, 6) is -0.649. The van der Waals surface area contributed by atoms with E-state index in [4.69, 9.17) is 0 Å². The summed E-state index contributed by atoms with van der Waals surface area (Å²) in [6.07, 6.45) is 8.39. The first-order valence-electron chi connectivity index (χ1n) is 10.1. The molecular formula is C24H27FN4O3. The SMILES string of the molecule is C=N/C=C\C1=C(C(=O)c2ccc(C)nc2)CN(C(C)C(/C=N\CCF)=C/C(C)=C/O)C1=O. The van der Waals surface area contributed by atoms with Crippen molar-refractivity contribution in [3.05, 3.63) is 76.5 Å². The van der Waals surface area contributed by atoms with E-state index in [1.54, 1.807) is 32.1 Å². The zero-order valence-corrected chi connectivity index (χ0v) is 18.5. The van der Waals surface area contributed by atoms with E-state index in [1.165, 1.54) is 29.6 Å². The first kappa shape index (κ1) is 24.6. The second kappa shape index (κ2) is 11.6. The van der Waals surface area contributed by atoms with Gasteiger partial charge in [-0.2, -0.15) is 0 Å². The second-order valence-corrected chi connectivity index (χ2v) is 7.26. The van der Waals surface area contributed by atoms with Crippen LogP contribution in [0.5, 0.6) is 0 Å². The van der Waals surface area contributed by atoms with Crippen molar-refractivity contribution in [1.29, 1.82) is 0 Å². The summed E-state index contributed by atoms with van der Waals surface area (Å²) in [5.41, 5.74) is 2.83. The van der Waals surface area contributed by atoms with Crippen molar-refractivity contribution in [1.82, 2.24) is 9.88 Å². The number of pyridine rings is 1. The van der Waals surface area contributed by atoms with Crippen molar-refractivity contribution in [3.8, 4) is 0 Å². The molecule has 32 heavy (non-hydrogen) atoms. The highest BCUT2D eigenvalue weighted by Gasteiger charge is 2.36. The average Bonchev–Trinajstić information content (AvgIpc) is 3.12. The lowest BCUT2D eigenvalue weighted by Gasteiger charge is -2.26. The maximum absolute atomic E-state index is 13.2. The molecule has 0 aromatic carbocycles. The number of amides is 1. The highest BCUT2D eigenvalue weighted by molar-refractivity contribution is 6.17. The molecule has 0 saturated carbocycles. The summed E-state index contributed by atoms with van der Waals surface area (Å²) < 4.78 is 12.5. The van der Waals surface area contributed by atoms with E-state index in [0.717, 1.165) is 12.0 Å². The fraction of sp³-hybridized carbons (Fsp3) is 0.292. The molecule has 0 radical (unpaired) electrons. The van der Waals surface area contributed by atoms with E-state index >= 15 is 0 Å². The third-order valence-electron chi connectivity index (χ3n) is 4.94. The standard InChI is InChI=1S/C24H27FN4O3/c1-16(15-30)11-20(12-27-10-8-25)18(3)29-14-22(21(24(29)32)7-9-26-4)23(31)19-6-5-17(2)28-13-19/h5-7,9,11-13,15,18,30H,4,8,10,14H2,1-3H3/b9-7-,16-15+,20-11+,27-12-. The predicted octanol–water partition coefficient (Wildman–Crippen LogP) is 3.74. The Morgan fingerprint density at radius 3 is 2.78 bits per heavy atom. The maximum atomic E-state index is 13.2. The van der Waals surface area contributed by atoms with Crippen molar-refractivity contribution >= 4 is 24.6 Å². The Morgan fingerprint density at radius 1 is 1.44 bits per heavy atom. The molecule has 1 atom stereocenters. The van der Waals surface area contributed by atoms with Gasteiger partial charge in [0.2, 0.25) is 0 Å². The number of alkyl halides is 1. The Morgan fingerprint density at radius 2 is 2.19 bits per heavy atom. The van der Waals surface area contributed by atoms with Crippen LogP contribution in [-0.4, -0.2) is 65.4 Å². The fourth-order valence-corrected chi connectivity index (χ4v) is 3.16. The number of hydrogen-bond donors (Lipinski definition) is 1. The Bertz CT molecular complexity index is 1020. The molecule has 1 amide bonds. The molecule has 2 heterocycles. The maximum Gasteiger partial charge on any atom is 0.255 e. The minimum absolute atomic E-state index is 0.0126. The lowest BCUT2D eigenvalue weighted by atomic mass is 10.0. The van der Waals surface area contributed by atoms with Gasteiger partial charge in [-0.3, -0.25) is 24.6 Å². The van der Waals surface area contributed by atoms with Crippen molar-refractivity contribution in [2.75, 3.05) is 19.8 Å². The lowest BCUT2D eigenvalue weighted by Crippen LogP contribution is -2.37. The summed E-state index contributed by atoms with van der Waals surface area (Å²) in [6.45, 7) is 8.12. The number of carbonyl (C=O) groups is 2. The third-order valence-corrected chi connectivity index (χ3v) is 4.94. The zero-order valence-electron chi connectivity index (χ0n) is 18.5. The highest BCUT2D eigenvalue weighted by atomic mass is 19.1. The molecule has 168 valence electrons. The van der Waals surface area contributed by atoms with E-state index in [-0.39, 0.29) is 30.4 Å². The number of aryl methyl sites for hydroxylation is 1. The van der Waals surface area contributed by atoms with Gasteiger partial charge in [0.15, 0.2) is 5.78 Å². The number of Topliss-reactive ketones (excluding diaryl/α,β-unsaturated/α-hetero) is 1. The van der Waals surface area contributed by atoms with E-state index in [1.807, 2.05) is 6.92 Å². The predicted molar refractivity (Wildman–Crippen MR) is 124 cm³/mol. The van der Waals surface area contributed by atoms with Gasteiger partial charge in [0.05, 0.1) is 25.4 Å². The van der Waals surface area contributed by atoms with Crippen LogP contribution in [-0.2, 0) is 4.79 Å². The Kier molecular flexibility index (Phi) is 8.95. The summed E-state index contributed by atoms with van der Waals surface area (Å²) in [6, 6.07) is 2.91. The van der Waals surface area contributed by atoms with Gasteiger partial charge in [-0.1, -0.05) is 0 Å². The van der Waals surface area contributed by atoms with Gasteiger partial charge in [0.1, 0.15) is 6.67 Å². The van der Waals surface area contributed by atoms with Gasteiger partial charge in [0.25, 0.3) is 5.91 Å². The third kappa shape index (κ3) is 5.94. The minimum Gasteiger partial charge on any atom is -0.515 e. The largest absolute Gasteiger partial charge is 0.515 e. The average molecular weight is 439 g/mol. The number of allylic oxidation sites excluding steroid dienone is 2. The molecular weight excluding hydrogens is 411 g/mol. The van der Waals surface area contributed by atoms with E-state index < -0.39 is 12.7 Å². The number of hydrogen-bond acceptors (Lipinski definition) is 6. The number of aromatic nitrogens is 1. The van der Waals surface area contributed by atoms with Gasteiger partial charge in [-0.25, -0.2) is 4.39 Å². The van der Waals surface area contributed by atoms with Crippen LogP contribution < -0.4 is 0 Å². The molecule has 7 nitrogen and oxygen atoms in total. The molecule has 0 fully saturated rings. The van der Waals surface area contributed by atoms with Crippen LogP contribution in [0.25, 0.3) is 0 Å². The van der Waals surface area contributed by atoms with Gasteiger partial charge in [-0.05, 0) is 62.9 Å². The molecule has 0 saturated heterocycles. The number of carbonyl (C=O) groups excluding carboxylic acids is 2. The number of halogens is 1. The van der Waals surface area contributed by atoms with Crippen molar-refractivity contribution in [3.63, 3.8) is 0 Å². The summed E-state index contributed by atoms with van der Waals surface area (Å²) in [7, 11) is 0. The molecule has 1 aromatic heterocycles. The van der Waals surface area contributed by atoms with Crippen molar-refractivity contribution < 1.29 is 19.1 Å². The number of aliphatic hydroxyl groups is 1. The quantitative estimate of drug-likeness (QED) is 0.261. The zero-order chi connectivity index (χ0) is 23.7. The van der Waals surface area contributed by atoms with Crippen molar-refractivity contribution in [2.24, 2.45) is 9.98 Å². The minimum atomic E-state index is -0.607. The topological polar surface area (TPSA) is 95.2 Å². The van der Waals surface area contributed by atoms with E-state index in [0.29, 0.717) is 22.3 Å². The number of ketones is 1. The lowest BCUT2D eigenvalue weighted by molar-refractivity contribution is -0.126. The van der Waals surface area contributed by atoms with Crippen molar-refractivity contribution in [2.45, 2.75) is 26.8 Å². The highest BCUT2D eigenvalue weighted by Crippen LogP contribution is 2.28. The number of aliphatic imine (C=N–C) groups is 2. The molecule has 0 bridgehead atoms. The summed E-state index contributed by atoms with van der Waals surface area (Å²) >= 11 is 0. The van der Waals surface area contributed by atoms with Crippen LogP contribution in [0.4, 0.5) is 4.39 Å². The Hall–Kier alpha value is -3.68. The van der Waals surface area contributed by atoms with Gasteiger partial charge < -0.3 is 10.0 Å². The molecule has 1 aliphatic rings. The summed E-state index contributed by atoms with van der Waals surface area (Å²) in [5, 5.41) is 9.28. The molecule has 8 heteroatoms. The molecule has 1 aliphatic heterocycles. The van der Waals surface area contributed by atoms with Gasteiger partial charge >= 0.3 is 0 Å². The fourth-order valence-electron chi connectivity index (χ4n) is 3.16. The van der Waals surface area contributed by atoms with Gasteiger partial charge in [-0.15, -0.1) is 0 Å². The van der Waals surface area contributed by atoms with Crippen LogP contribution >= 0.6 is 0 Å². The van der Waals surface area contributed by atoms with Crippen LogP contribution in [0.2, 0.25) is 0 Å². The smallest absolute Gasteiger partial charge is 0.255 e. The van der Waals surface area contributed by atoms with Gasteiger partial charge in [0, 0.05) is 41.0 Å². The summed E-state index contributed by atoms with van der Waals surface area (Å²) in [4.78, 5) is 39.8. The first-order valence-corrected chi connectivity index (χ1v) is 10.1. The molecule has 0 aliphatic carbocycles. The Balaban J connectivity index is 2.44. The molecule has 2 rings (SSSR count). The van der Waals surface area contributed by atoms with Crippen LogP contribution in [0.15, 0.2) is 75.2 Å². The van der Waals surface area contributed by atoms with Crippen LogP contribution in [0.1, 0.15) is 29.9 Å². The second-order valence-electron chi connectivity index (χ2n) is 7.26. The molecule has 1 unspecified atom stereocenters. The normalized spacial score (nSPS) is 16.5. The van der Waals surface area contributed by atoms with Crippen LogP contribution in [0, 0.1) is 6.92 Å². The first-order chi connectivity index (χ1) is 15.3. The monoisotopic (exact) mass is 438 g/mol. The molecule has 1 aromatic rings. The Labute approximate surface area is 187 Å². The van der Waals surface area contributed by atoms with E-state index in [9.17, 15) is 19.1 Å². The van der Waals surface area contributed by atoms with E-state index in [2.05, 4.69) is 21.7 Å². The molecule has 1 N–H and O–H groups in total. The number of nitrogens with zero attached hydrogens (tertiary/aromatic N) is 4. The number of rotatable bonds is 10. The number of aliphatic hydroxyl groups excluding tert-OH is 1.